The number of hydrogen-bond donors (Lipinski definition) is 3. The molecule has 0 saturated heterocycles. The highest BCUT2D eigenvalue weighted by Crippen LogP contribution is 2.51. The van der Waals surface area contributed by atoms with E-state index in [0.29, 0.717) is 16.7 Å². The van der Waals surface area contributed by atoms with Gasteiger partial charge in [-0.25, -0.2) is 4.79 Å². The zero-order valence-corrected chi connectivity index (χ0v) is 15.6. The van der Waals surface area contributed by atoms with Gasteiger partial charge >= 0.3 is 5.97 Å². The van der Waals surface area contributed by atoms with E-state index in [1.807, 2.05) is 0 Å². The highest BCUT2D eigenvalue weighted by Gasteiger charge is 2.37. The first kappa shape index (κ1) is 19.6. The predicted octanol–water partition coefficient (Wildman–Crippen LogP) is 2.89. The zero-order chi connectivity index (χ0) is 20.3. The molecular formula is C21H22O7. The number of ether oxygens (including phenoxy) is 3. The van der Waals surface area contributed by atoms with Gasteiger partial charge in [0.2, 0.25) is 0 Å². The van der Waals surface area contributed by atoms with Crippen molar-refractivity contribution in [3.05, 3.63) is 53.1 Å². The SMILES string of the molecule is CCOC(=O)/C=C/c1cc(O)c2c(c1)[C@@H](CO)[C@H](c1ccc(O)c(OC)c1)O2. The molecule has 0 aliphatic carbocycles. The first-order valence-electron chi connectivity index (χ1n) is 8.84. The summed E-state index contributed by atoms with van der Waals surface area (Å²) in [6, 6.07) is 8.03. The Hall–Kier alpha value is -3.19. The van der Waals surface area contributed by atoms with Crippen LogP contribution in [-0.2, 0) is 9.53 Å². The Morgan fingerprint density at radius 2 is 2.00 bits per heavy atom. The number of aliphatic hydroxyl groups excluding tert-OH is 1. The Labute approximate surface area is 162 Å². The van der Waals surface area contributed by atoms with E-state index in [2.05, 4.69) is 0 Å². The number of esters is 1. The summed E-state index contributed by atoms with van der Waals surface area (Å²) in [5.74, 6) is -0.442. The van der Waals surface area contributed by atoms with Gasteiger partial charge in [-0.3, -0.25) is 0 Å². The van der Waals surface area contributed by atoms with Crippen molar-refractivity contribution in [2.24, 2.45) is 0 Å². The Morgan fingerprint density at radius 3 is 2.68 bits per heavy atom. The molecule has 7 heteroatoms. The predicted molar refractivity (Wildman–Crippen MR) is 102 cm³/mol. The summed E-state index contributed by atoms with van der Waals surface area (Å²) in [4.78, 5) is 11.5. The molecule has 3 rings (SSSR count). The van der Waals surface area contributed by atoms with E-state index in [4.69, 9.17) is 14.2 Å². The second kappa shape index (κ2) is 8.22. The molecule has 0 spiro atoms. The maximum atomic E-state index is 11.5. The third kappa shape index (κ3) is 3.75. The molecular weight excluding hydrogens is 364 g/mol. The summed E-state index contributed by atoms with van der Waals surface area (Å²) in [6.45, 7) is 1.77. The van der Waals surface area contributed by atoms with Crippen LogP contribution in [0.15, 0.2) is 36.4 Å². The van der Waals surface area contributed by atoms with Gasteiger partial charge in [-0.15, -0.1) is 0 Å². The number of methoxy groups -OCH3 is 1. The van der Waals surface area contributed by atoms with Crippen LogP contribution in [0.25, 0.3) is 6.08 Å². The van der Waals surface area contributed by atoms with Crippen LogP contribution in [0.3, 0.4) is 0 Å². The lowest BCUT2D eigenvalue weighted by molar-refractivity contribution is -0.137. The van der Waals surface area contributed by atoms with Gasteiger partial charge in [0.25, 0.3) is 0 Å². The fraction of sp³-hybridized carbons (Fsp3) is 0.286. The monoisotopic (exact) mass is 386 g/mol. The van der Waals surface area contributed by atoms with Gasteiger partial charge in [0.15, 0.2) is 23.0 Å². The molecule has 1 aliphatic heterocycles. The van der Waals surface area contributed by atoms with Crippen LogP contribution in [0.4, 0.5) is 0 Å². The highest BCUT2D eigenvalue weighted by molar-refractivity contribution is 5.87. The van der Waals surface area contributed by atoms with Crippen molar-refractivity contribution in [3.63, 3.8) is 0 Å². The minimum Gasteiger partial charge on any atom is -0.504 e. The molecule has 1 aliphatic rings. The van der Waals surface area contributed by atoms with E-state index < -0.39 is 18.0 Å². The second-order valence-electron chi connectivity index (χ2n) is 6.30. The molecule has 0 aromatic heterocycles. The lowest BCUT2D eigenvalue weighted by Gasteiger charge is -2.18. The summed E-state index contributed by atoms with van der Waals surface area (Å²) in [6.07, 6.45) is 2.24. The van der Waals surface area contributed by atoms with Crippen LogP contribution < -0.4 is 9.47 Å². The Kier molecular flexibility index (Phi) is 5.75. The number of carbonyl (C=O) groups is 1. The fourth-order valence-corrected chi connectivity index (χ4v) is 3.25. The molecule has 2 aromatic rings. The number of aliphatic hydroxyl groups is 1. The molecule has 2 aromatic carbocycles. The number of phenols is 2. The zero-order valence-electron chi connectivity index (χ0n) is 15.6. The Balaban J connectivity index is 1.94. The number of phenolic OH excluding ortho intramolecular Hbond substituents is 2. The number of rotatable bonds is 6. The van der Waals surface area contributed by atoms with Gasteiger partial charge in [0.1, 0.15) is 6.10 Å². The van der Waals surface area contributed by atoms with Gasteiger partial charge < -0.3 is 29.5 Å². The number of aromatic hydroxyl groups is 2. The summed E-state index contributed by atoms with van der Waals surface area (Å²) >= 11 is 0. The van der Waals surface area contributed by atoms with Crippen molar-refractivity contribution < 1.29 is 34.3 Å². The van der Waals surface area contributed by atoms with Crippen molar-refractivity contribution in [1.29, 1.82) is 0 Å². The molecule has 28 heavy (non-hydrogen) atoms. The normalized spacial score (nSPS) is 18.0. The fourth-order valence-electron chi connectivity index (χ4n) is 3.25. The van der Waals surface area contributed by atoms with Gasteiger partial charge in [-0.2, -0.15) is 0 Å². The summed E-state index contributed by atoms with van der Waals surface area (Å²) in [7, 11) is 1.45. The molecule has 0 unspecified atom stereocenters. The molecule has 7 nitrogen and oxygen atoms in total. The van der Waals surface area contributed by atoms with Gasteiger partial charge in [0.05, 0.1) is 26.2 Å². The molecule has 3 N–H and O–H groups in total. The quantitative estimate of drug-likeness (QED) is 0.518. The van der Waals surface area contributed by atoms with Gasteiger partial charge in [0, 0.05) is 11.6 Å². The first-order chi connectivity index (χ1) is 13.5. The van der Waals surface area contributed by atoms with Crippen molar-refractivity contribution in [2.45, 2.75) is 18.9 Å². The van der Waals surface area contributed by atoms with E-state index in [9.17, 15) is 20.1 Å². The minimum absolute atomic E-state index is 0.00320. The van der Waals surface area contributed by atoms with Crippen molar-refractivity contribution >= 4 is 12.0 Å². The highest BCUT2D eigenvalue weighted by atomic mass is 16.5. The number of benzene rings is 2. The van der Waals surface area contributed by atoms with E-state index in [-0.39, 0.29) is 36.2 Å². The lowest BCUT2D eigenvalue weighted by atomic mass is 9.90. The van der Waals surface area contributed by atoms with Crippen molar-refractivity contribution in [1.82, 2.24) is 0 Å². The number of fused-ring (bicyclic) bond motifs is 1. The van der Waals surface area contributed by atoms with E-state index in [1.165, 1.54) is 31.4 Å². The summed E-state index contributed by atoms with van der Waals surface area (Å²) < 4.78 is 15.9. The van der Waals surface area contributed by atoms with Crippen LogP contribution in [0, 0.1) is 0 Å². The second-order valence-corrected chi connectivity index (χ2v) is 6.30. The molecule has 0 amide bonds. The largest absolute Gasteiger partial charge is 0.504 e. The smallest absolute Gasteiger partial charge is 0.330 e. The molecule has 2 atom stereocenters. The van der Waals surface area contributed by atoms with Crippen LogP contribution in [0.5, 0.6) is 23.0 Å². The molecule has 0 radical (unpaired) electrons. The van der Waals surface area contributed by atoms with Crippen molar-refractivity contribution in [3.8, 4) is 23.0 Å². The number of carbonyl (C=O) groups excluding carboxylic acids is 1. The van der Waals surface area contributed by atoms with Crippen molar-refractivity contribution in [2.75, 3.05) is 20.3 Å². The molecule has 0 fully saturated rings. The topological polar surface area (TPSA) is 105 Å². The molecule has 148 valence electrons. The average Bonchev–Trinajstić information content (AvgIpc) is 3.06. The molecule has 1 heterocycles. The van der Waals surface area contributed by atoms with Gasteiger partial charge in [-0.1, -0.05) is 6.07 Å². The number of hydrogen-bond acceptors (Lipinski definition) is 7. The third-order valence-corrected chi connectivity index (χ3v) is 4.56. The average molecular weight is 386 g/mol. The standard InChI is InChI=1S/C21H22O7/c1-3-27-19(25)7-4-12-8-14-15(11-22)20(28-21(14)17(24)9-12)13-5-6-16(23)18(10-13)26-2/h4-10,15,20,22-24H,3,11H2,1-2H3/b7-4+/t15-,20+/m1/s1. The Bertz CT molecular complexity index is 904. The first-order valence-corrected chi connectivity index (χ1v) is 8.84. The lowest BCUT2D eigenvalue weighted by Crippen LogP contribution is -2.13. The van der Waals surface area contributed by atoms with Gasteiger partial charge in [-0.05, 0) is 48.4 Å². The molecule has 0 saturated carbocycles. The third-order valence-electron chi connectivity index (χ3n) is 4.56. The molecule has 0 bridgehead atoms. The van der Waals surface area contributed by atoms with Crippen LogP contribution in [0.1, 0.15) is 35.6 Å². The summed E-state index contributed by atoms with van der Waals surface area (Å²) in [5, 5.41) is 30.1. The van der Waals surface area contributed by atoms with Crippen LogP contribution in [-0.4, -0.2) is 41.6 Å². The van der Waals surface area contributed by atoms with E-state index in [0.717, 1.165) is 0 Å². The Morgan fingerprint density at radius 1 is 1.21 bits per heavy atom. The minimum atomic E-state index is -0.565. The van der Waals surface area contributed by atoms with Crippen LogP contribution in [0.2, 0.25) is 0 Å². The van der Waals surface area contributed by atoms with E-state index in [1.54, 1.807) is 25.1 Å². The summed E-state index contributed by atoms with van der Waals surface area (Å²) in [5.41, 5.74) is 1.89. The van der Waals surface area contributed by atoms with E-state index >= 15 is 0 Å². The van der Waals surface area contributed by atoms with Crippen LogP contribution >= 0.6 is 0 Å². The maximum Gasteiger partial charge on any atom is 0.330 e. The maximum absolute atomic E-state index is 11.5.